The molecule has 0 bridgehead atoms. The molecule has 2 atom stereocenters. The van der Waals surface area contributed by atoms with Gasteiger partial charge in [0, 0.05) is 6.04 Å². The van der Waals surface area contributed by atoms with Gasteiger partial charge in [0.15, 0.2) is 0 Å². The zero-order chi connectivity index (χ0) is 11.3. The Kier molecular flexibility index (Phi) is 4.06. The molecule has 3 heteroatoms. The largest absolute Gasteiger partial charge is 0.480 e. The second-order valence-corrected chi connectivity index (χ2v) is 3.37. The summed E-state index contributed by atoms with van der Waals surface area (Å²) in [5.41, 5.74) is 0.749. The molecule has 0 aliphatic rings. The highest BCUT2D eigenvalue weighted by Gasteiger charge is 2.19. The van der Waals surface area contributed by atoms with Crippen LogP contribution in [0.15, 0.2) is 43.0 Å². The number of aliphatic carboxylic acids is 1. The van der Waals surface area contributed by atoms with Crippen LogP contribution in [-0.4, -0.2) is 17.1 Å². The molecule has 0 aliphatic heterocycles. The van der Waals surface area contributed by atoms with Gasteiger partial charge in [0.1, 0.15) is 6.04 Å². The first-order chi connectivity index (χ1) is 7.15. The molecule has 15 heavy (non-hydrogen) atoms. The van der Waals surface area contributed by atoms with Crippen molar-refractivity contribution in [2.75, 3.05) is 0 Å². The van der Waals surface area contributed by atoms with E-state index in [1.165, 1.54) is 0 Å². The molecule has 0 saturated carbocycles. The molecule has 0 fully saturated rings. The first-order valence-corrected chi connectivity index (χ1v) is 4.81. The molecule has 1 aromatic rings. The highest BCUT2D eigenvalue weighted by atomic mass is 16.4. The number of rotatable bonds is 5. The summed E-state index contributed by atoms with van der Waals surface area (Å²) in [5, 5.41) is 12.0. The van der Waals surface area contributed by atoms with Crippen molar-refractivity contribution >= 4 is 5.97 Å². The molecule has 0 spiro atoms. The van der Waals surface area contributed by atoms with E-state index in [4.69, 9.17) is 5.11 Å². The third-order valence-corrected chi connectivity index (χ3v) is 2.16. The van der Waals surface area contributed by atoms with Gasteiger partial charge in [-0.25, -0.2) is 0 Å². The van der Waals surface area contributed by atoms with E-state index in [0.717, 1.165) is 5.56 Å². The van der Waals surface area contributed by atoms with Gasteiger partial charge in [-0.1, -0.05) is 36.4 Å². The van der Waals surface area contributed by atoms with Gasteiger partial charge >= 0.3 is 5.97 Å². The van der Waals surface area contributed by atoms with Crippen molar-refractivity contribution in [1.82, 2.24) is 5.32 Å². The van der Waals surface area contributed by atoms with Gasteiger partial charge in [0.25, 0.3) is 0 Å². The normalized spacial score (nSPS) is 14.2. The van der Waals surface area contributed by atoms with Gasteiger partial charge in [-0.15, -0.1) is 6.58 Å². The van der Waals surface area contributed by atoms with E-state index >= 15 is 0 Å². The SMILES string of the molecule is C=CC(C)NC(C(=O)O)c1ccccc1. The van der Waals surface area contributed by atoms with E-state index in [1.807, 2.05) is 25.1 Å². The molecular weight excluding hydrogens is 190 g/mol. The summed E-state index contributed by atoms with van der Waals surface area (Å²) >= 11 is 0. The number of carboxylic acids is 1. The molecule has 0 heterocycles. The molecular formula is C12H15NO2. The van der Waals surface area contributed by atoms with Crippen LogP contribution in [0.1, 0.15) is 18.5 Å². The second-order valence-electron chi connectivity index (χ2n) is 3.37. The molecule has 0 aliphatic carbocycles. The van der Waals surface area contributed by atoms with Crippen molar-refractivity contribution in [3.05, 3.63) is 48.6 Å². The molecule has 0 saturated heterocycles. The smallest absolute Gasteiger partial charge is 0.325 e. The third-order valence-electron chi connectivity index (χ3n) is 2.16. The number of carbonyl (C=O) groups is 1. The van der Waals surface area contributed by atoms with E-state index in [9.17, 15) is 4.79 Å². The molecule has 0 aromatic heterocycles. The molecule has 1 rings (SSSR count). The fourth-order valence-corrected chi connectivity index (χ4v) is 1.29. The van der Waals surface area contributed by atoms with Crippen molar-refractivity contribution in [2.24, 2.45) is 0 Å². The average molecular weight is 205 g/mol. The summed E-state index contributed by atoms with van der Waals surface area (Å²) in [6, 6.07) is 8.38. The Labute approximate surface area is 89.4 Å². The first kappa shape index (κ1) is 11.5. The minimum absolute atomic E-state index is 0.0358. The topological polar surface area (TPSA) is 49.3 Å². The molecule has 80 valence electrons. The summed E-state index contributed by atoms with van der Waals surface area (Å²) in [6.45, 7) is 5.48. The molecule has 3 nitrogen and oxygen atoms in total. The Hall–Kier alpha value is -1.61. The van der Waals surface area contributed by atoms with Crippen molar-refractivity contribution in [3.63, 3.8) is 0 Å². The zero-order valence-corrected chi connectivity index (χ0v) is 8.68. The Bertz CT molecular complexity index is 335. The number of hydrogen-bond acceptors (Lipinski definition) is 2. The standard InChI is InChI=1S/C12H15NO2/c1-3-9(2)13-11(12(14)15)10-7-5-4-6-8-10/h3-9,11,13H,1H2,2H3,(H,14,15). The lowest BCUT2D eigenvalue weighted by Crippen LogP contribution is -2.34. The number of benzene rings is 1. The molecule has 2 N–H and O–H groups in total. The summed E-state index contributed by atoms with van der Waals surface area (Å²) in [6.07, 6.45) is 1.68. The predicted octanol–water partition coefficient (Wildman–Crippen LogP) is 1.98. The van der Waals surface area contributed by atoms with Crippen LogP contribution < -0.4 is 5.32 Å². The fraction of sp³-hybridized carbons (Fsp3) is 0.250. The number of hydrogen-bond donors (Lipinski definition) is 2. The monoisotopic (exact) mass is 205 g/mol. The quantitative estimate of drug-likeness (QED) is 0.722. The van der Waals surface area contributed by atoms with Gasteiger partial charge in [-0.2, -0.15) is 0 Å². The minimum atomic E-state index is -0.880. The highest BCUT2D eigenvalue weighted by molar-refractivity contribution is 5.75. The maximum absolute atomic E-state index is 11.1. The van der Waals surface area contributed by atoms with Crippen LogP contribution in [0.4, 0.5) is 0 Å². The van der Waals surface area contributed by atoms with Crippen molar-refractivity contribution in [1.29, 1.82) is 0 Å². The van der Waals surface area contributed by atoms with E-state index < -0.39 is 12.0 Å². The average Bonchev–Trinajstić information content (AvgIpc) is 2.26. The van der Waals surface area contributed by atoms with E-state index in [0.29, 0.717) is 0 Å². The van der Waals surface area contributed by atoms with Crippen LogP contribution in [0.25, 0.3) is 0 Å². The highest BCUT2D eigenvalue weighted by Crippen LogP contribution is 2.13. The van der Waals surface area contributed by atoms with Crippen LogP contribution in [0.2, 0.25) is 0 Å². The lowest BCUT2D eigenvalue weighted by Gasteiger charge is -2.17. The van der Waals surface area contributed by atoms with Gasteiger partial charge in [-0.3, -0.25) is 10.1 Å². The number of carboxylic acid groups (broad SMARTS) is 1. The predicted molar refractivity (Wildman–Crippen MR) is 59.6 cm³/mol. The lowest BCUT2D eigenvalue weighted by molar-refractivity contribution is -0.139. The van der Waals surface area contributed by atoms with Crippen molar-refractivity contribution in [3.8, 4) is 0 Å². The van der Waals surface area contributed by atoms with Crippen LogP contribution >= 0.6 is 0 Å². The Balaban J connectivity index is 2.84. The van der Waals surface area contributed by atoms with Gasteiger partial charge in [0.2, 0.25) is 0 Å². The van der Waals surface area contributed by atoms with Crippen LogP contribution in [0, 0.1) is 0 Å². The van der Waals surface area contributed by atoms with Gasteiger partial charge in [-0.05, 0) is 12.5 Å². The molecule has 1 aromatic carbocycles. The van der Waals surface area contributed by atoms with Gasteiger partial charge in [0.05, 0.1) is 0 Å². The second kappa shape index (κ2) is 5.32. The van der Waals surface area contributed by atoms with Crippen molar-refractivity contribution in [2.45, 2.75) is 19.0 Å². The lowest BCUT2D eigenvalue weighted by atomic mass is 10.1. The summed E-state index contributed by atoms with van der Waals surface area (Å²) in [7, 11) is 0. The zero-order valence-electron chi connectivity index (χ0n) is 8.68. The molecule has 2 unspecified atom stereocenters. The minimum Gasteiger partial charge on any atom is -0.480 e. The van der Waals surface area contributed by atoms with Crippen molar-refractivity contribution < 1.29 is 9.90 Å². The van der Waals surface area contributed by atoms with Crippen LogP contribution in [0.5, 0.6) is 0 Å². The maximum atomic E-state index is 11.1. The molecule has 0 radical (unpaired) electrons. The summed E-state index contributed by atoms with van der Waals surface area (Å²) in [4.78, 5) is 11.1. The van der Waals surface area contributed by atoms with E-state index in [2.05, 4.69) is 11.9 Å². The Morgan fingerprint density at radius 2 is 2.07 bits per heavy atom. The molecule has 0 amide bonds. The van der Waals surface area contributed by atoms with E-state index in [-0.39, 0.29) is 6.04 Å². The van der Waals surface area contributed by atoms with Crippen LogP contribution in [-0.2, 0) is 4.79 Å². The number of nitrogens with one attached hydrogen (secondary N) is 1. The van der Waals surface area contributed by atoms with E-state index in [1.54, 1.807) is 18.2 Å². The maximum Gasteiger partial charge on any atom is 0.325 e. The first-order valence-electron chi connectivity index (χ1n) is 4.81. The third kappa shape index (κ3) is 3.22. The van der Waals surface area contributed by atoms with Gasteiger partial charge < -0.3 is 5.11 Å². The summed E-state index contributed by atoms with van der Waals surface area (Å²) < 4.78 is 0. The van der Waals surface area contributed by atoms with Crippen LogP contribution in [0.3, 0.4) is 0 Å². The fourth-order valence-electron chi connectivity index (χ4n) is 1.29. The summed E-state index contributed by atoms with van der Waals surface area (Å²) in [5.74, 6) is -0.880. The Morgan fingerprint density at radius 1 is 1.47 bits per heavy atom. The Morgan fingerprint density at radius 3 is 2.53 bits per heavy atom.